The van der Waals surface area contributed by atoms with Gasteiger partial charge in [-0.05, 0) is 42.5 Å². The highest BCUT2D eigenvalue weighted by Gasteiger charge is 2.28. The summed E-state index contributed by atoms with van der Waals surface area (Å²) in [6.07, 6.45) is 4.71. The molecule has 0 unspecified atom stereocenters. The predicted octanol–water partition coefficient (Wildman–Crippen LogP) is 1.87. The molecule has 2 aromatic heterocycles. The first-order valence-corrected chi connectivity index (χ1v) is 10.9. The number of fused-ring (bicyclic) bond motifs is 1. The Balaban J connectivity index is 1.65. The fraction of sp³-hybridized carbons (Fsp3) is 0.333. The van der Waals surface area contributed by atoms with Crippen LogP contribution in [-0.2, 0) is 32.5 Å². The number of hydrogen-bond acceptors (Lipinski definition) is 4. The zero-order valence-corrected chi connectivity index (χ0v) is 18.4. The number of aromatic nitrogens is 3. The summed E-state index contributed by atoms with van der Waals surface area (Å²) in [7, 11) is 1.53. The summed E-state index contributed by atoms with van der Waals surface area (Å²) >= 11 is 0. The van der Waals surface area contributed by atoms with Crippen molar-refractivity contribution in [2.45, 2.75) is 39.4 Å². The quantitative estimate of drug-likeness (QED) is 0.643. The van der Waals surface area contributed by atoms with Crippen LogP contribution in [-0.4, -0.2) is 44.7 Å². The van der Waals surface area contributed by atoms with Crippen molar-refractivity contribution in [3.63, 3.8) is 0 Å². The summed E-state index contributed by atoms with van der Waals surface area (Å²) in [5, 5.41) is 6.92. The van der Waals surface area contributed by atoms with Crippen LogP contribution < -0.4 is 10.9 Å². The van der Waals surface area contributed by atoms with Crippen LogP contribution in [0.15, 0.2) is 53.6 Å². The van der Waals surface area contributed by atoms with Crippen molar-refractivity contribution in [2.75, 3.05) is 13.6 Å². The Labute approximate surface area is 186 Å². The van der Waals surface area contributed by atoms with Crippen molar-refractivity contribution >= 4 is 11.8 Å². The average Bonchev–Trinajstić information content (AvgIpc) is 3.31. The zero-order valence-electron chi connectivity index (χ0n) is 18.4. The van der Waals surface area contributed by atoms with Crippen LogP contribution in [0.25, 0.3) is 0 Å². The largest absolute Gasteiger partial charge is 0.355 e. The van der Waals surface area contributed by atoms with E-state index < -0.39 is 0 Å². The Morgan fingerprint density at radius 2 is 1.94 bits per heavy atom. The van der Waals surface area contributed by atoms with Gasteiger partial charge in [0.25, 0.3) is 17.4 Å². The maximum absolute atomic E-state index is 13.1. The topological polar surface area (TPSA) is 89.2 Å². The molecule has 1 aliphatic rings. The molecular formula is C24H27N5O3. The highest BCUT2D eigenvalue weighted by Crippen LogP contribution is 2.22. The highest BCUT2D eigenvalue weighted by molar-refractivity contribution is 5.96. The van der Waals surface area contributed by atoms with Crippen LogP contribution in [0.4, 0.5) is 0 Å². The first kappa shape index (κ1) is 21.5. The van der Waals surface area contributed by atoms with Gasteiger partial charge in [-0.3, -0.25) is 19.1 Å². The number of pyridine rings is 1. The van der Waals surface area contributed by atoms with E-state index >= 15 is 0 Å². The smallest absolute Gasteiger partial charge is 0.274 e. The molecule has 0 aliphatic carbocycles. The highest BCUT2D eigenvalue weighted by atomic mass is 16.2. The third-order valence-electron chi connectivity index (χ3n) is 5.88. The van der Waals surface area contributed by atoms with Crippen LogP contribution >= 0.6 is 0 Å². The minimum atomic E-state index is -0.387. The van der Waals surface area contributed by atoms with E-state index in [1.165, 1.54) is 7.05 Å². The minimum absolute atomic E-state index is 0.147. The van der Waals surface area contributed by atoms with E-state index in [9.17, 15) is 14.4 Å². The van der Waals surface area contributed by atoms with Crippen molar-refractivity contribution in [2.24, 2.45) is 0 Å². The van der Waals surface area contributed by atoms with E-state index in [0.717, 1.165) is 16.7 Å². The second-order valence-electron chi connectivity index (χ2n) is 7.85. The van der Waals surface area contributed by atoms with Gasteiger partial charge in [0.1, 0.15) is 11.3 Å². The lowest BCUT2D eigenvalue weighted by Crippen LogP contribution is -2.41. The molecule has 0 bridgehead atoms. The van der Waals surface area contributed by atoms with Gasteiger partial charge in [0.2, 0.25) is 0 Å². The Bertz CT molecular complexity index is 1200. The van der Waals surface area contributed by atoms with Crippen molar-refractivity contribution in [1.82, 2.24) is 24.6 Å². The summed E-state index contributed by atoms with van der Waals surface area (Å²) in [6.45, 7) is 3.88. The molecule has 1 aliphatic heterocycles. The SMILES string of the molecule is CCn1ccc(C(=O)N2CCc3c(cn(CCc4ccccc4)c(=O)c3C(=O)NC)C2)n1. The molecule has 2 amide bonds. The Morgan fingerprint density at radius 1 is 1.16 bits per heavy atom. The van der Waals surface area contributed by atoms with Gasteiger partial charge in [-0.2, -0.15) is 5.10 Å². The Kier molecular flexibility index (Phi) is 6.20. The Hall–Kier alpha value is -3.68. The molecule has 0 spiro atoms. The van der Waals surface area contributed by atoms with Crippen LogP contribution in [0.5, 0.6) is 0 Å². The van der Waals surface area contributed by atoms with E-state index in [-0.39, 0.29) is 22.9 Å². The van der Waals surface area contributed by atoms with E-state index in [2.05, 4.69) is 10.4 Å². The van der Waals surface area contributed by atoms with Gasteiger partial charge in [0.15, 0.2) is 0 Å². The van der Waals surface area contributed by atoms with Gasteiger partial charge < -0.3 is 14.8 Å². The molecule has 4 rings (SSSR count). The summed E-state index contributed by atoms with van der Waals surface area (Å²) in [4.78, 5) is 40.4. The van der Waals surface area contributed by atoms with Crippen molar-refractivity contribution < 1.29 is 9.59 Å². The molecule has 0 saturated heterocycles. The summed E-state index contributed by atoms with van der Waals surface area (Å²) < 4.78 is 3.31. The molecule has 1 N–H and O–H groups in total. The van der Waals surface area contributed by atoms with Crippen LogP contribution in [0, 0.1) is 0 Å². The van der Waals surface area contributed by atoms with Crippen LogP contribution in [0.1, 0.15) is 44.5 Å². The van der Waals surface area contributed by atoms with Crippen LogP contribution in [0.3, 0.4) is 0 Å². The number of nitrogens with zero attached hydrogens (tertiary/aromatic N) is 4. The standard InChI is InChI=1S/C24H27N5O3/c1-3-29-14-11-20(26-29)23(31)27-13-10-19-18(15-27)16-28(24(32)21(19)22(30)25-2)12-9-17-7-5-4-6-8-17/h4-8,11,14,16H,3,9-10,12-13,15H2,1-2H3,(H,25,30). The van der Waals surface area contributed by atoms with Gasteiger partial charge in [-0.25, -0.2) is 0 Å². The number of nitrogens with one attached hydrogen (secondary N) is 1. The first-order chi connectivity index (χ1) is 15.5. The predicted molar refractivity (Wildman–Crippen MR) is 121 cm³/mol. The number of amides is 2. The maximum Gasteiger partial charge on any atom is 0.274 e. The third kappa shape index (κ3) is 4.21. The molecule has 1 aromatic carbocycles. The summed E-state index contributed by atoms with van der Waals surface area (Å²) in [5.41, 5.74) is 2.96. The number of hydrogen-bond donors (Lipinski definition) is 1. The third-order valence-corrected chi connectivity index (χ3v) is 5.88. The zero-order chi connectivity index (χ0) is 22.7. The molecule has 8 heteroatoms. The fourth-order valence-electron chi connectivity index (χ4n) is 4.12. The second kappa shape index (κ2) is 9.21. The van der Waals surface area contributed by atoms with Crippen molar-refractivity contribution in [1.29, 1.82) is 0 Å². The van der Waals surface area contributed by atoms with E-state index in [1.54, 1.807) is 32.6 Å². The van der Waals surface area contributed by atoms with Crippen LogP contribution in [0.2, 0.25) is 0 Å². The summed E-state index contributed by atoms with van der Waals surface area (Å²) in [6, 6.07) is 11.6. The number of benzene rings is 1. The minimum Gasteiger partial charge on any atom is -0.355 e. The summed E-state index contributed by atoms with van der Waals surface area (Å²) in [5.74, 6) is -0.534. The van der Waals surface area contributed by atoms with Gasteiger partial charge in [0.05, 0.1) is 0 Å². The molecule has 3 heterocycles. The van der Waals surface area contributed by atoms with Crippen molar-refractivity contribution in [3.05, 3.63) is 87.1 Å². The molecule has 8 nitrogen and oxygen atoms in total. The molecule has 0 fully saturated rings. The second-order valence-corrected chi connectivity index (χ2v) is 7.85. The van der Waals surface area contributed by atoms with Gasteiger partial charge in [0, 0.05) is 45.6 Å². The molecule has 0 atom stereocenters. The average molecular weight is 434 g/mol. The molecular weight excluding hydrogens is 406 g/mol. The number of carbonyl (C=O) groups excluding carboxylic acids is 2. The van der Waals surface area contributed by atoms with E-state index in [0.29, 0.717) is 44.7 Å². The van der Waals surface area contributed by atoms with Gasteiger partial charge in [-0.15, -0.1) is 0 Å². The number of carbonyl (C=O) groups is 2. The van der Waals surface area contributed by atoms with E-state index in [4.69, 9.17) is 0 Å². The number of aryl methyl sites for hydroxylation is 3. The lowest BCUT2D eigenvalue weighted by atomic mass is 9.95. The Morgan fingerprint density at radius 3 is 2.62 bits per heavy atom. The lowest BCUT2D eigenvalue weighted by molar-refractivity contribution is 0.0727. The molecule has 166 valence electrons. The normalized spacial score (nSPS) is 13.0. The maximum atomic E-state index is 13.1. The lowest BCUT2D eigenvalue weighted by Gasteiger charge is -2.30. The molecule has 0 radical (unpaired) electrons. The van der Waals surface area contributed by atoms with Gasteiger partial charge >= 0.3 is 0 Å². The molecule has 32 heavy (non-hydrogen) atoms. The monoisotopic (exact) mass is 433 g/mol. The van der Waals surface area contributed by atoms with Crippen molar-refractivity contribution in [3.8, 4) is 0 Å². The fourth-order valence-corrected chi connectivity index (χ4v) is 4.12. The molecule has 0 saturated carbocycles. The van der Waals surface area contributed by atoms with Gasteiger partial charge in [-0.1, -0.05) is 30.3 Å². The molecule has 3 aromatic rings. The van der Waals surface area contributed by atoms with E-state index in [1.807, 2.05) is 37.3 Å². The first-order valence-electron chi connectivity index (χ1n) is 10.9. The number of rotatable bonds is 6.